The van der Waals surface area contributed by atoms with Crippen molar-refractivity contribution in [3.05, 3.63) is 85.1 Å². The maximum atomic E-state index is 12.7. The van der Waals surface area contributed by atoms with Crippen LogP contribution in [0.15, 0.2) is 52.1 Å². The van der Waals surface area contributed by atoms with Crippen LogP contribution in [0.3, 0.4) is 0 Å². The second-order valence-corrected chi connectivity index (χ2v) is 6.52. The number of halogens is 1. The van der Waals surface area contributed by atoms with Crippen molar-refractivity contribution in [2.45, 2.75) is 13.8 Å². The number of hydrogen-bond acceptors (Lipinski definition) is 4. The fraction of sp³-hybridized carbons (Fsp3) is 0.158. The summed E-state index contributed by atoms with van der Waals surface area (Å²) in [4.78, 5) is 37.5. The average Bonchev–Trinajstić information content (AvgIpc) is 2.64. The molecule has 1 amide bonds. The Bertz CT molecular complexity index is 1150. The maximum Gasteiger partial charge on any atom is 0.351 e. The number of nitrogens with one attached hydrogen (secondary N) is 1. The zero-order valence-corrected chi connectivity index (χ0v) is 15.7. The molecule has 0 radical (unpaired) electrons. The van der Waals surface area contributed by atoms with Crippen molar-refractivity contribution in [3.63, 3.8) is 0 Å². The van der Waals surface area contributed by atoms with Gasteiger partial charge in [-0.3, -0.25) is 14.2 Å². The van der Waals surface area contributed by atoms with Gasteiger partial charge in [-0.2, -0.15) is 9.78 Å². The summed E-state index contributed by atoms with van der Waals surface area (Å²) in [6.45, 7) is 3.79. The highest BCUT2D eigenvalue weighted by Crippen LogP contribution is 2.18. The van der Waals surface area contributed by atoms with Crippen LogP contribution in [0, 0.1) is 13.8 Å². The topological polar surface area (TPSA) is 86.0 Å². The predicted octanol–water partition coefficient (Wildman–Crippen LogP) is 2.45. The first-order valence-electron chi connectivity index (χ1n) is 8.13. The molecule has 138 valence electrons. The van der Waals surface area contributed by atoms with Crippen LogP contribution >= 0.6 is 11.6 Å². The van der Waals surface area contributed by atoms with Gasteiger partial charge in [-0.1, -0.05) is 23.7 Å². The van der Waals surface area contributed by atoms with Gasteiger partial charge >= 0.3 is 5.69 Å². The van der Waals surface area contributed by atoms with Gasteiger partial charge in [0, 0.05) is 17.8 Å². The smallest absolute Gasteiger partial charge is 0.320 e. The van der Waals surface area contributed by atoms with Crippen molar-refractivity contribution in [2.24, 2.45) is 7.05 Å². The van der Waals surface area contributed by atoms with Crippen LogP contribution in [0.4, 0.5) is 5.69 Å². The summed E-state index contributed by atoms with van der Waals surface area (Å²) in [7, 11) is 1.30. The lowest BCUT2D eigenvalue weighted by Gasteiger charge is -2.12. The first-order chi connectivity index (χ1) is 12.8. The van der Waals surface area contributed by atoms with Gasteiger partial charge in [-0.05, 0) is 55.3 Å². The number of nitrogens with zero attached hydrogens (tertiary/aromatic N) is 3. The highest BCUT2D eigenvalue weighted by atomic mass is 35.5. The van der Waals surface area contributed by atoms with Crippen LogP contribution in [0.1, 0.15) is 21.6 Å². The molecule has 27 heavy (non-hydrogen) atoms. The lowest BCUT2D eigenvalue weighted by atomic mass is 10.1. The van der Waals surface area contributed by atoms with E-state index in [1.165, 1.54) is 7.05 Å². The van der Waals surface area contributed by atoms with E-state index in [9.17, 15) is 14.4 Å². The van der Waals surface area contributed by atoms with Crippen molar-refractivity contribution in [2.75, 3.05) is 5.32 Å². The minimum absolute atomic E-state index is 0.382. The number of carbonyl (C=O) groups is 1. The van der Waals surface area contributed by atoms with Gasteiger partial charge in [-0.25, -0.2) is 4.79 Å². The Morgan fingerprint density at radius 1 is 1.07 bits per heavy atom. The summed E-state index contributed by atoms with van der Waals surface area (Å²) >= 11 is 5.87. The molecule has 0 saturated carbocycles. The Morgan fingerprint density at radius 3 is 2.41 bits per heavy atom. The molecule has 2 aromatic carbocycles. The fourth-order valence-corrected chi connectivity index (χ4v) is 2.66. The van der Waals surface area contributed by atoms with Crippen LogP contribution in [0.25, 0.3) is 5.69 Å². The molecule has 1 heterocycles. The molecule has 1 aromatic heterocycles. The Labute approximate surface area is 159 Å². The minimum Gasteiger partial charge on any atom is -0.320 e. The SMILES string of the molecule is Cc1cccc(NC(=O)c2nn(-c3ccc(Cl)cc3)c(=O)n(C)c2=O)c1C. The van der Waals surface area contributed by atoms with Gasteiger partial charge in [0.2, 0.25) is 5.69 Å². The molecule has 1 N–H and O–H groups in total. The van der Waals surface area contributed by atoms with Crippen LogP contribution in [-0.2, 0) is 7.05 Å². The van der Waals surface area contributed by atoms with Crippen molar-refractivity contribution in [3.8, 4) is 5.69 Å². The first kappa shape index (κ1) is 18.6. The molecule has 0 fully saturated rings. The van der Waals surface area contributed by atoms with Crippen LogP contribution in [-0.4, -0.2) is 20.3 Å². The Morgan fingerprint density at radius 2 is 1.74 bits per heavy atom. The summed E-state index contributed by atoms with van der Waals surface area (Å²) in [6, 6.07) is 11.8. The number of aromatic nitrogens is 3. The molecule has 0 atom stereocenters. The van der Waals surface area contributed by atoms with E-state index < -0.39 is 17.2 Å². The Balaban J connectivity index is 2.09. The Kier molecular flexibility index (Phi) is 4.96. The number of hydrogen-bond donors (Lipinski definition) is 1. The van der Waals surface area contributed by atoms with Crippen molar-refractivity contribution in [1.82, 2.24) is 14.3 Å². The third kappa shape index (κ3) is 3.54. The molecule has 0 aliphatic rings. The molecule has 3 aromatic rings. The summed E-state index contributed by atoms with van der Waals surface area (Å²) in [5.41, 5.74) is 1.04. The number of rotatable bonds is 3. The second kappa shape index (κ2) is 7.20. The molecule has 0 aliphatic carbocycles. The third-order valence-electron chi connectivity index (χ3n) is 4.31. The number of aryl methyl sites for hydroxylation is 1. The minimum atomic E-state index is -0.770. The van der Waals surface area contributed by atoms with E-state index in [1.807, 2.05) is 19.9 Å². The monoisotopic (exact) mass is 384 g/mol. The Hall–Kier alpha value is -3.19. The molecular weight excluding hydrogens is 368 g/mol. The van der Waals surface area contributed by atoms with E-state index in [1.54, 1.807) is 36.4 Å². The maximum absolute atomic E-state index is 12.7. The lowest BCUT2D eigenvalue weighted by molar-refractivity contribution is 0.101. The largest absolute Gasteiger partial charge is 0.351 e. The number of benzene rings is 2. The predicted molar refractivity (Wildman–Crippen MR) is 104 cm³/mol. The van der Waals surface area contributed by atoms with E-state index in [2.05, 4.69) is 10.4 Å². The summed E-state index contributed by atoms with van der Waals surface area (Å²) < 4.78 is 1.84. The van der Waals surface area contributed by atoms with E-state index in [0.717, 1.165) is 20.4 Å². The number of carbonyl (C=O) groups excluding carboxylic acids is 1. The molecule has 0 aliphatic heterocycles. The normalized spacial score (nSPS) is 10.7. The van der Waals surface area contributed by atoms with Gasteiger partial charge < -0.3 is 5.32 Å². The van der Waals surface area contributed by atoms with Crippen molar-refractivity contribution < 1.29 is 4.79 Å². The number of amides is 1. The van der Waals surface area contributed by atoms with Gasteiger partial charge in [0.15, 0.2) is 0 Å². The van der Waals surface area contributed by atoms with Gasteiger partial charge in [0.1, 0.15) is 0 Å². The van der Waals surface area contributed by atoms with Crippen LogP contribution in [0.5, 0.6) is 0 Å². The first-order valence-corrected chi connectivity index (χ1v) is 8.51. The van der Waals surface area contributed by atoms with E-state index in [-0.39, 0.29) is 5.69 Å². The second-order valence-electron chi connectivity index (χ2n) is 6.09. The van der Waals surface area contributed by atoms with Crippen LogP contribution < -0.4 is 16.6 Å². The van der Waals surface area contributed by atoms with Crippen molar-refractivity contribution >= 4 is 23.2 Å². The molecule has 0 unspecified atom stereocenters. The molecular formula is C19H17ClN4O3. The van der Waals surface area contributed by atoms with Crippen LogP contribution in [0.2, 0.25) is 5.02 Å². The molecule has 0 saturated heterocycles. The van der Waals surface area contributed by atoms with Crippen molar-refractivity contribution in [1.29, 1.82) is 0 Å². The molecule has 0 spiro atoms. The zero-order valence-electron chi connectivity index (χ0n) is 15.0. The fourth-order valence-electron chi connectivity index (χ4n) is 2.53. The summed E-state index contributed by atoms with van der Waals surface area (Å²) in [6.07, 6.45) is 0. The van der Waals surface area contributed by atoms with E-state index >= 15 is 0 Å². The summed E-state index contributed by atoms with van der Waals surface area (Å²) in [5, 5.41) is 7.18. The quantitative estimate of drug-likeness (QED) is 0.751. The molecule has 7 nitrogen and oxygen atoms in total. The van der Waals surface area contributed by atoms with Gasteiger partial charge in [-0.15, -0.1) is 0 Å². The molecule has 3 rings (SSSR count). The zero-order chi connectivity index (χ0) is 19.7. The highest BCUT2D eigenvalue weighted by Gasteiger charge is 2.19. The summed E-state index contributed by atoms with van der Waals surface area (Å²) in [5.74, 6) is -0.688. The number of anilines is 1. The lowest BCUT2D eigenvalue weighted by Crippen LogP contribution is -2.43. The van der Waals surface area contributed by atoms with Gasteiger partial charge in [0.25, 0.3) is 11.5 Å². The van der Waals surface area contributed by atoms with Gasteiger partial charge in [0.05, 0.1) is 5.69 Å². The molecule has 8 heteroatoms. The van der Waals surface area contributed by atoms with E-state index in [0.29, 0.717) is 16.4 Å². The van der Waals surface area contributed by atoms with E-state index in [4.69, 9.17) is 11.6 Å². The highest BCUT2D eigenvalue weighted by molar-refractivity contribution is 6.30. The average molecular weight is 385 g/mol. The standard InChI is InChI=1S/C19H17ClN4O3/c1-11-5-4-6-15(12(11)2)21-17(25)16-18(26)23(3)19(27)24(22-16)14-9-7-13(20)8-10-14/h4-10H,1-3H3,(H,21,25). The third-order valence-corrected chi connectivity index (χ3v) is 4.57. The molecule has 0 bridgehead atoms.